The lowest BCUT2D eigenvalue weighted by Gasteiger charge is -2.36. The van der Waals surface area contributed by atoms with Crippen LogP contribution in [0.25, 0.3) is 0 Å². The van der Waals surface area contributed by atoms with Crippen LogP contribution in [0.5, 0.6) is 0 Å². The molecule has 1 atom stereocenters. The molecule has 1 unspecified atom stereocenters. The largest absolute Gasteiger partial charge is 0.303 e. The second kappa shape index (κ2) is 6.09. The minimum absolute atomic E-state index is 0.152. The molecular formula is C12H23N3. The molecule has 0 aliphatic carbocycles. The van der Waals surface area contributed by atoms with Crippen LogP contribution in [-0.2, 0) is 0 Å². The van der Waals surface area contributed by atoms with Crippen LogP contribution in [0.4, 0.5) is 0 Å². The first-order chi connectivity index (χ1) is 7.17. The van der Waals surface area contributed by atoms with Gasteiger partial charge in [0.1, 0.15) is 0 Å². The number of nitriles is 1. The molecule has 1 aliphatic heterocycles. The predicted octanol–water partition coefficient (Wildman–Crippen LogP) is 1.56. The van der Waals surface area contributed by atoms with E-state index in [9.17, 15) is 0 Å². The van der Waals surface area contributed by atoms with Gasteiger partial charge in [-0.2, -0.15) is 5.26 Å². The van der Waals surface area contributed by atoms with Gasteiger partial charge in [-0.3, -0.25) is 0 Å². The smallest absolute Gasteiger partial charge is 0.0666 e. The summed E-state index contributed by atoms with van der Waals surface area (Å²) in [5.41, 5.74) is 0. The zero-order valence-corrected chi connectivity index (χ0v) is 10.2. The summed E-state index contributed by atoms with van der Waals surface area (Å²) in [6.07, 6.45) is 2.50. The van der Waals surface area contributed by atoms with E-state index in [4.69, 9.17) is 5.26 Å². The summed E-state index contributed by atoms with van der Waals surface area (Å²) < 4.78 is 0. The summed E-state index contributed by atoms with van der Waals surface area (Å²) >= 11 is 0. The average molecular weight is 209 g/mol. The molecule has 1 aliphatic rings. The van der Waals surface area contributed by atoms with E-state index in [1.54, 1.807) is 0 Å². The first-order valence-electron chi connectivity index (χ1n) is 5.99. The molecule has 0 aromatic carbocycles. The van der Waals surface area contributed by atoms with E-state index >= 15 is 0 Å². The first kappa shape index (κ1) is 12.5. The molecule has 0 aromatic rings. The van der Waals surface area contributed by atoms with E-state index in [1.807, 2.05) is 6.92 Å². The fourth-order valence-electron chi connectivity index (χ4n) is 2.30. The molecule has 1 heterocycles. The Bertz CT molecular complexity index is 213. The molecule has 86 valence electrons. The third-order valence-electron chi connectivity index (χ3n) is 3.41. The second-order valence-electron chi connectivity index (χ2n) is 4.64. The van der Waals surface area contributed by atoms with E-state index in [-0.39, 0.29) is 5.92 Å². The van der Waals surface area contributed by atoms with Crippen LogP contribution in [0.2, 0.25) is 0 Å². The summed E-state index contributed by atoms with van der Waals surface area (Å²) in [5.74, 6) is 0.152. The molecule has 0 aromatic heterocycles. The second-order valence-corrected chi connectivity index (χ2v) is 4.64. The Morgan fingerprint density at radius 1 is 1.47 bits per heavy atom. The molecule has 1 saturated heterocycles. The zero-order valence-electron chi connectivity index (χ0n) is 10.2. The van der Waals surface area contributed by atoms with Crippen molar-refractivity contribution in [2.45, 2.75) is 32.7 Å². The van der Waals surface area contributed by atoms with Crippen LogP contribution in [0.1, 0.15) is 26.7 Å². The number of nitrogens with zero attached hydrogens (tertiary/aromatic N) is 3. The van der Waals surface area contributed by atoms with Crippen LogP contribution in [-0.4, -0.2) is 49.1 Å². The maximum Gasteiger partial charge on any atom is 0.0666 e. The Labute approximate surface area is 93.7 Å². The Hall–Kier alpha value is -0.590. The molecule has 3 heteroatoms. The van der Waals surface area contributed by atoms with Gasteiger partial charge in [0.05, 0.1) is 12.0 Å². The Morgan fingerprint density at radius 3 is 2.53 bits per heavy atom. The van der Waals surface area contributed by atoms with Crippen molar-refractivity contribution in [2.24, 2.45) is 5.92 Å². The average Bonchev–Trinajstić information content (AvgIpc) is 2.29. The van der Waals surface area contributed by atoms with Crippen molar-refractivity contribution < 1.29 is 0 Å². The van der Waals surface area contributed by atoms with Crippen molar-refractivity contribution >= 4 is 0 Å². The van der Waals surface area contributed by atoms with Gasteiger partial charge in [-0.05, 0) is 46.4 Å². The van der Waals surface area contributed by atoms with Crippen molar-refractivity contribution in [2.75, 3.05) is 33.2 Å². The van der Waals surface area contributed by atoms with Crippen molar-refractivity contribution in [3.8, 4) is 6.07 Å². The van der Waals surface area contributed by atoms with E-state index in [0.717, 1.165) is 6.54 Å². The predicted molar refractivity (Wildman–Crippen MR) is 62.5 cm³/mol. The summed E-state index contributed by atoms with van der Waals surface area (Å²) in [4.78, 5) is 4.86. The van der Waals surface area contributed by atoms with Crippen LogP contribution in [0.15, 0.2) is 0 Å². The third-order valence-corrected chi connectivity index (χ3v) is 3.41. The summed E-state index contributed by atoms with van der Waals surface area (Å²) in [7, 11) is 2.15. The van der Waals surface area contributed by atoms with E-state index < -0.39 is 0 Å². The maximum atomic E-state index is 8.78. The van der Waals surface area contributed by atoms with Crippen LogP contribution >= 0.6 is 0 Å². The Kier molecular flexibility index (Phi) is 5.07. The highest BCUT2D eigenvalue weighted by Gasteiger charge is 2.22. The number of rotatable bonds is 4. The van der Waals surface area contributed by atoms with Crippen molar-refractivity contribution in [1.29, 1.82) is 5.26 Å². The summed E-state index contributed by atoms with van der Waals surface area (Å²) in [5, 5.41) is 8.78. The number of piperidine rings is 1. The molecule has 0 saturated carbocycles. The van der Waals surface area contributed by atoms with Gasteiger partial charge < -0.3 is 9.80 Å². The SMILES string of the molecule is CCN1CCC(N(C)CC(C)C#N)CC1. The van der Waals surface area contributed by atoms with E-state index in [1.165, 1.54) is 32.5 Å². The third kappa shape index (κ3) is 3.81. The van der Waals surface area contributed by atoms with Crippen LogP contribution < -0.4 is 0 Å². The highest BCUT2D eigenvalue weighted by molar-refractivity contribution is 4.84. The van der Waals surface area contributed by atoms with Gasteiger partial charge in [0.2, 0.25) is 0 Å². The lowest BCUT2D eigenvalue weighted by molar-refractivity contribution is 0.126. The molecule has 1 fully saturated rings. The molecule has 3 nitrogen and oxygen atoms in total. The lowest BCUT2D eigenvalue weighted by atomic mass is 10.0. The van der Waals surface area contributed by atoms with Crippen molar-refractivity contribution in [3.63, 3.8) is 0 Å². The van der Waals surface area contributed by atoms with Gasteiger partial charge in [-0.25, -0.2) is 0 Å². The van der Waals surface area contributed by atoms with Gasteiger partial charge in [-0.15, -0.1) is 0 Å². The fraction of sp³-hybridized carbons (Fsp3) is 0.917. The van der Waals surface area contributed by atoms with E-state index in [2.05, 4.69) is 29.8 Å². The highest BCUT2D eigenvalue weighted by Crippen LogP contribution is 2.15. The Balaban J connectivity index is 2.30. The number of likely N-dealkylation sites (tertiary alicyclic amines) is 1. The number of hydrogen-bond acceptors (Lipinski definition) is 3. The van der Waals surface area contributed by atoms with Gasteiger partial charge in [0.25, 0.3) is 0 Å². The van der Waals surface area contributed by atoms with Gasteiger partial charge in [0.15, 0.2) is 0 Å². The van der Waals surface area contributed by atoms with Crippen molar-refractivity contribution in [3.05, 3.63) is 0 Å². The highest BCUT2D eigenvalue weighted by atomic mass is 15.2. The minimum Gasteiger partial charge on any atom is -0.303 e. The summed E-state index contributed by atoms with van der Waals surface area (Å²) in [6.45, 7) is 8.73. The topological polar surface area (TPSA) is 30.3 Å². The zero-order chi connectivity index (χ0) is 11.3. The molecule has 15 heavy (non-hydrogen) atoms. The van der Waals surface area contributed by atoms with Crippen molar-refractivity contribution in [1.82, 2.24) is 9.80 Å². The molecule has 0 amide bonds. The maximum absolute atomic E-state index is 8.78. The number of hydrogen-bond donors (Lipinski definition) is 0. The molecule has 0 radical (unpaired) electrons. The van der Waals surface area contributed by atoms with Crippen LogP contribution in [0.3, 0.4) is 0 Å². The van der Waals surface area contributed by atoms with Crippen LogP contribution in [0, 0.1) is 17.2 Å². The summed E-state index contributed by atoms with van der Waals surface area (Å²) in [6, 6.07) is 2.99. The normalized spacial score (nSPS) is 21.5. The monoisotopic (exact) mass is 209 g/mol. The molecule has 0 spiro atoms. The van der Waals surface area contributed by atoms with Gasteiger partial charge in [0, 0.05) is 12.6 Å². The molecule has 1 rings (SSSR count). The Morgan fingerprint density at radius 2 is 2.07 bits per heavy atom. The molecular weight excluding hydrogens is 186 g/mol. The minimum atomic E-state index is 0.152. The van der Waals surface area contributed by atoms with Gasteiger partial charge >= 0.3 is 0 Å². The lowest BCUT2D eigenvalue weighted by Crippen LogP contribution is -2.44. The molecule has 0 bridgehead atoms. The standard InChI is InChI=1S/C12H23N3/c1-4-15-7-5-12(6-8-15)14(3)10-11(2)9-13/h11-12H,4-8,10H2,1-3H3. The first-order valence-corrected chi connectivity index (χ1v) is 5.99. The molecule has 0 N–H and O–H groups in total. The van der Waals surface area contributed by atoms with E-state index in [0.29, 0.717) is 6.04 Å². The van der Waals surface area contributed by atoms with Gasteiger partial charge in [-0.1, -0.05) is 6.92 Å². The quantitative estimate of drug-likeness (QED) is 0.704. The fourth-order valence-corrected chi connectivity index (χ4v) is 2.30.